The Hall–Kier alpha value is -1.22. The molecule has 0 aliphatic carbocycles. The number of halogens is 1. The highest BCUT2D eigenvalue weighted by atomic mass is 127. The molecule has 0 heterocycles. The molecule has 0 saturated carbocycles. The van der Waals surface area contributed by atoms with Gasteiger partial charge < -0.3 is 20.1 Å². The molecule has 1 unspecified atom stereocenters. The number of anilines is 1. The van der Waals surface area contributed by atoms with Crippen LogP contribution >= 0.6 is 24.0 Å². The average Bonchev–Trinajstić information content (AvgIpc) is 2.60. The zero-order valence-electron chi connectivity index (χ0n) is 16.3. The van der Waals surface area contributed by atoms with E-state index in [-0.39, 0.29) is 24.0 Å². The third-order valence-electron chi connectivity index (χ3n) is 3.94. The van der Waals surface area contributed by atoms with Gasteiger partial charge in [-0.05, 0) is 39.1 Å². The quantitative estimate of drug-likeness (QED) is 0.333. The van der Waals surface area contributed by atoms with Crippen LogP contribution in [0.5, 0.6) is 11.5 Å². The van der Waals surface area contributed by atoms with Crippen LogP contribution in [0.15, 0.2) is 23.2 Å². The maximum Gasteiger partial charge on any atom is 0.195 e. The number of methoxy groups -OCH3 is 2. The maximum absolute atomic E-state index is 5.35. The predicted octanol–water partition coefficient (Wildman–Crippen LogP) is 3.43. The van der Waals surface area contributed by atoms with Crippen LogP contribution < -0.4 is 20.1 Å². The van der Waals surface area contributed by atoms with Crippen LogP contribution in [0.1, 0.15) is 27.7 Å². The van der Waals surface area contributed by atoms with Crippen LogP contribution in [-0.2, 0) is 0 Å². The van der Waals surface area contributed by atoms with Crippen LogP contribution in [-0.4, -0.2) is 57.3 Å². The van der Waals surface area contributed by atoms with E-state index in [1.807, 2.05) is 18.2 Å². The summed E-state index contributed by atoms with van der Waals surface area (Å²) in [5.41, 5.74) is 0.905. The molecular formula is C18H33IN4O2. The molecule has 0 aromatic heterocycles. The Bertz CT molecular complexity index is 522. The van der Waals surface area contributed by atoms with Crippen molar-refractivity contribution in [3.05, 3.63) is 18.2 Å². The van der Waals surface area contributed by atoms with Crippen molar-refractivity contribution in [1.82, 2.24) is 10.2 Å². The van der Waals surface area contributed by atoms with Gasteiger partial charge in [-0.1, -0.05) is 13.8 Å². The first kappa shape index (κ1) is 23.8. The van der Waals surface area contributed by atoms with Gasteiger partial charge in [0.25, 0.3) is 0 Å². The number of aliphatic imine (C=N–C) groups is 1. The number of rotatable bonds is 9. The normalized spacial score (nSPS) is 12.4. The summed E-state index contributed by atoms with van der Waals surface area (Å²) in [6, 6.07) is 6.13. The monoisotopic (exact) mass is 464 g/mol. The lowest BCUT2D eigenvalue weighted by atomic mass is 10.2. The summed E-state index contributed by atoms with van der Waals surface area (Å²) in [4.78, 5) is 7.10. The van der Waals surface area contributed by atoms with Crippen molar-refractivity contribution in [1.29, 1.82) is 0 Å². The summed E-state index contributed by atoms with van der Waals surface area (Å²) in [7, 11) is 3.26. The molecule has 7 heteroatoms. The van der Waals surface area contributed by atoms with Crippen LogP contribution in [0, 0.1) is 0 Å². The molecule has 1 rings (SSSR count). The number of hydrogen-bond acceptors (Lipinski definition) is 4. The first-order valence-corrected chi connectivity index (χ1v) is 8.60. The standard InChI is InChI=1S/C18H32N4O2.HI/c1-7-19-18(20-13-14(4)22(8-2)9-3)21-15-10-11-16(23-5)17(12-15)24-6;/h10-12,14H,7-9,13H2,1-6H3,(H2,19,20,21);1H. The molecule has 0 aliphatic heterocycles. The van der Waals surface area contributed by atoms with Crippen molar-refractivity contribution in [2.24, 2.45) is 4.99 Å². The second-order valence-corrected chi connectivity index (χ2v) is 5.48. The molecule has 0 amide bonds. The average molecular weight is 464 g/mol. The van der Waals surface area contributed by atoms with Gasteiger partial charge in [-0.25, -0.2) is 0 Å². The molecule has 0 aliphatic rings. The fourth-order valence-electron chi connectivity index (χ4n) is 2.54. The van der Waals surface area contributed by atoms with Crippen LogP contribution in [0.2, 0.25) is 0 Å². The van der Waals surface area contributed by atoms with E-state index >= 15 is 0 Å². The van der Waals surface area contributed by atoms with Crippen LogP contribution in [0.3, 0.4) is 0 Å². The zero-order chi connectivity index (χ0) is 17.9. The highest BCUT2D eigenvalue weighted by molar-refractivity contribution is 14.0. The SMILES string of the molecule is CCNC(=NCC(C)N(CC)CC)Nc1ccc(OC)c(OC)c1.I. The second kappa shape index (κ2) is 13.0. The maximum atomic E-state index is 5.35. The molecule has 0 spiro atoms. The summed E-state index contributed by atoms with van der Waals surface area (Å²) < 4.78 is 10.6. The molecule has 2 N–H and O–H groups in total. The van der Waals surface area contributed by atoms with E-state index in [1.165, 1.54) is 0 Å². The number of likely N-dealkylation sites (N-methyl/N-ethyl adjacent to an activating group) is 1. The Balaban J connectivity index is 0.00000576. The van der Waals surface area contributed by atoms with Crippen LogP contribution in [0.4, 0.5) is 5.69 Å². The predicted molar refractivity (Wildman–Crippen MR) is 117 cm³/mol. The number of nitrogens with one attached hydrogen (secondary N) is 2. The summed E-state index contributed by atoms with van der Waals surface area (Å²) in [5.74, 6) is 2.17. The Morgan fingerprint density at radius 1 is 1.12 bits per heavy atom. The first-order valence-electron chi connectivity index (χ1n) is 8.60. The Morgan fingerprint density at radius 2 is 1.76 bits per heavy atom. The van der Waals surface area contributed by atoms with Crippen molar-refractivity contribution < 1.29 is 9.47 Å². The Morgan fingerprint density at radius 3 is 2.28 bits per heavy atom. The van der Waals surface area contributed by atoms with Gasteiger partial charge in [-0.3, -0.25) is 9.89 Å². The van der Waals surface area contributed by atoms with Gasteiger partial charge in [0.15, 0.2) is 17.5 Å². The molecule has 1 aromatic rings. The van der Waals surface area contributed by atoms with Crippen LogP contribution in [0.25, 0.3) is 0 Å². The van der Waals surface area contributed by atoms with Gasteiger partial charge in [0.2, 0.25) is 0 Å². The van der Waals surface area contributed by atoms with Gasteiger partial charge in [0.05, 0.1) is 20.8 Å². The molecule has 1 aromatic carbocycles. The number of hydrogen-bond donors (Lipinski definition) is 2. The third kappa shape index (κ3) is 7.68. The highest BCUT2D eigenvalue weighted by Crippen LogP contribution is 2.29. The molecule has 6 nitrogen and oxygen atoms in total. The number of ether oxygens (including phenoxy) is 2. The fraction of sp³-hybridized carbons (Fsp3) is 0.611. The largest absolute Gasteiger partial charge is 0.493 e. The molecule has 0 radical (unpaired) electrons. The van der Waals surface area contributed by atoms with E-state index in [2.05, 4.69) is 43.2 Å². The van der Waals surface area contributed by atoms with Crippen molar-refractivity contribution in [2.45, 2.75) is 33.7 Å². The molecule has 25 heavy (non-hydrogen) atoms. The molecule has 1 atom stereocenters. The van der Waals surface area contributed by atoms with Crippen molar-refractivity contribution in [3.63, 3.8) is 0 Å². The molecule has 0 saturated heterocycles. The van der Waals surface area contributed by atoms with Gasteiger partial charge in [-0.15, -0.1) is 24.0 Å². The van der Waals surface area contributed by atoms with E-state index in [1.54, 1.807) is 14.2 Å². The first-order chi connectivity index (χ1) is 11.6. The summed E-state index contributed by atoms with van der Waals surface area (Å²) in [6.45, 7) is 12.2. The van der Waals surface area contributed by atoms with Gasteiger partial charge in [0.1, 0.15) is 0 Å². The van der Waals surface area contributed by atoms with Crippen molar-refractivity contribution in [2.75, 3.05) is 45.7 Å². The molecule has 144 valence electrons. The zero-order valence-corrected chi connectivity index (χ0v) is 18.6. The smallest absolute Gasteiger partial charge is 0.195 e. The van der Waals surface area contributed by atoms with Gasteiger partial charge in [0, 0.05) is 24.3 Å². The fourth-order valence-corrected chi connectivity index (χ4v) is 2.54. The topological polar surface area (TPSA) is 58.1 Å². The van der Waals surface area contributed by atoms with E-state index in [0.29, 0.717) is 17.5 Å². The van der Waals surface area contributed by atoms with E-state index in [4.69, 9.17) is 14.5 Å². The summed E-state index contributed by atoms with van der Waals surface area (Å²) in [5, 5.41) is 6.60. The minimum Gasteiger partial charge on any atom is -0.493 e. The lowest BCUT2D eigenvalue weighted by molar-refractivity contribution is 0.237. The van der Waals surface area contributed by atoms with Gasteiger partial charge >= 0.3 is 0 Å². The molecule has 0 fully saturated rings. The molecular weight excluding hydrogens is 431 g/mol. The van der Waals surface area contributed by atoms with E-state index in [0.717, 1.165) is 37.8 Å². The summed E-state index contributed by atoms with van der Waals surface area (Å²) >= 11 is 0. The minimum atomic E-state index is 0. The van der Waals surface area contributed by atoms with Crippen molar-refractivity contribution in [3.8, 4) is 11.5 Å². The van der Waals surface area contributed by atoms with E-state index in [9.17, 15) is 0 Å². The minimum absolute atomic E-state index is 0. The lowest BCUT2D eigenvalue weighted by Gasteiger charge is -2.25. The number of guanidine groups is 1. The van der Waals surface area contributed by atoms with Crippen molar-refractivity contribution >= 4 is 35.6 Å². The van der Waals surface area contributed by atoms with Gasteiger partial charge in [-0.2, -0.15) is 0 Å². The molecule has 0 bridgehead atoms. The number of benzene rings is 1. The summed E-state index contributed by atoms with van der Waals surface area (Å²) in [6.07, 6.45) is 0. The number of nitrogens with zero attached hydrogens (tertiary/aromatic N) is 2. The van der Waals surface area contributed by atoms with E-state index < -0.39 is 0 Å². The second-order valence-electron chi connectivity index (χ2n) is 5.48. The third-order valence-corrected chi connectivity index (χ3v) is 3.94. The Labute approximate surface area is 169 Å². The Kier molecular flexibility index (Phi) is 12.4. The highest BCUT2D eigenvalue weighted by Gasteiger charge is 2.10. The lowest BCUT2D eigenvalue weighted by Crippen LogP contribution is -2.37.